The maximum atomic E-state index is 9.42. The summed E-state index contributed by atoms with van der Waals surface area (Å²) in [7, 11) is 0. The van der Waals surface area contributed by atoms with Crippen LogP contribution in [-0.4, -0.2) is 47.3 Å². The third-order valence-electron chi connectivity index (χ3n) is 3.59. The third-order valence-corrected chi connectivity index (χ3v) is 3.59. The monoisotopic (exact) mass is 326 g/mol. The van der Waals surface area contributed by atoms with Gasteiger partial charge in [-0.15, -0.1) is 0 Å². The van der Waals surface area contributed by atoms with Crippen LogP contribution in [0.3, 0.4) is 0 Å². The summed E-state index contributed by atoms with van der Waals surface area (Å²) in [6, 6.07) is 0. The van der Waals surface area contributed by atoms with Gasteiger partial charge in [0.25, 0.3) is 0 Å². The predicted molar refractivity (Wildman–Crippen MR) is 95.3 cm³/mol. The van der Waals surface area contributed by atoms with E-state index in [0.717, 1.165) is 25.7 Å². The van der Waals surface area contributed by atoms with E-state index in [2.05, 4.69) is 39.8 Å². The fourth-order valence-electron chi connectivity index (χ4n) is 1.96. The largest absolute Gasteiger partial charge is 0.394 e. The smallest absolute Gasteiger partial charge is 0.105 e. The van der Waals surface area contributed by atoms with Gasteiger partial charge in [-0.1, -0.05) is 34.9 Å². The van der Waals surface area contributed by atoms with Gasteiger partial charge in [0, 0.05) is 0 Å². The molecule has 0 saturated heterocycles. The Morgan fingerprint density at radius 3 is 2.00 bits per heavy atom. The Bertz CT molecular complexity index is 392. The minimum Gasteiger partial charge on any atom is -0.394 e. The van der Waals surface area contributed by atoms with Crippen molar-refractivity contribution in [3.05, 3.63) is 34.9 Å². The summed E-state index contributed by atoms with van der Waals surface area (Å²) in [5, 5.41) is 27.3. The summed E-state index contributed by atoms with van der Waals surface area (Å²) in [6.45, 7) is 8.46. The van der Waals surface area contributed by atoms with Gasteiger partial charge >= 0.3 is 0 Å². The van der Waals surface area contributed by atoms with Gasteiger partial charge in [-0.25, -0.2) is 0 Å². The molecule has 2 atom stereocenters. The first kappa shape index (κ1) is 22.1. The molecular weight excluding hydrogens is 292 g/mol. The van der Waals surface area contributed by atoms with Crippen molar-refractivity contribution < 1.29 is 20.1 Å². The maximum absolute atomic E-state index is 9.42. The summed E-state index contributed by atoms with van der Waals surface area (Å²) >= 11 is 0. The van der Waals surface area contributed by atoms with E-state index in [9.17, 15) is 10.2 Å². The van der Waals surface area contributed by atoms with E-state index < -0.39 is 18.8 Å². The lowest BCUT2D eigenvalue weighted by atomic mass is 10.1. The Morgan fingerprint density at radius 1 is 0.870 bits per heavy atom. The normalized spacial score (nSPS) is 15.4. The first-order valence-corrected chi connectivity index (χ1v) is 8.36. The lowest BCUT2D eigenvalue weighted by Gasteiger charge is -2.14. The maximum Gasteiger partial charge on any atom is 0.105 e. The predicted octanol–water partition coefficient (Wildman–Crippen LogP) is 3.14. The SMILES string of the molecule is CC(C)=CCCC(C)=CCCC(C)=CCOC[C@H](O)[C@H](O)CO. The molecule has 4 heteroatoms. The molecule has 0 bridgehead atoms. The molecular formula is C19H34O4. The average Bonchev–Trinajstić information content (AvgIpc) is 2.50. The van der Waals surface area contributed by atoms with Gasteiger partial charge in [0.05, 0.1) is 19.8 Å². The fraction of sp³-hybridized carbons (Fsp3) is 0.684. The van der Waals surface area contributed by atoms with Crippen LogP contribution >= 0.6 is 0 Å². The van der Waals surface area contributed by atoms with Crippen LogP contribution in [0.25, 0.3) is 0 Å². The minimum absolute atomic E-state index is 0.0227. The van der Waals surface area contributed by atoms with E-state index in [1.165, 1.54) is 16.7 Å². The second-order valence-electron chi connectivity index (χ2n) is 6.31. The van der Waals surface area contributed by atoms with E-state index >= 15 is 0 Å². The first-order valence-electron chi connectivity index (χ1n) is 8.36. The molecule has 0 aliphatic heterocycles. The lowest BCUT2D eigenvalue weighted by Crippen LogP contribution is -2.33. The van der Waals surface area contributed by atoms with Gasteiger partial charge in [-0.3, -0.25) is 0 Å². The number of ether oxygens (including phenoxy) is 1. The number of aliphatic hydroxyl groups is 3. The van der Waals surface area contributed by atoms with Crippen LogP contribution in [0.15, 0.2) is 34.9 Å². The third kappa shape index (κ3) is 13.2. The van der Waals surface area contributed by atoms with E-state index in [-0.39, 0.29) is 6.61 Å². The second kappa shape index (κ2) is 13.5. The molecule has 23 heavy (non-hydrogen) atoms. The average molecular weight is 326 g/mol. The van der Waals surface area contributed by atoms with Crippen molar-refractivity contribution in [3.63, 3.8) is 0 Å². The van der Waals surface area contributed by atoms with Gasteiger partial charge in [0.15, 0.2) is 0 Å². The molecule has 0 heterocycles. The van der Waals surface area contributed by atoms with Crippen molar-refractivity contribution in [3.8, 4) is 0 Å². The first-order chi connectivity index (χ1) is 10.9. The molecule has 0 aromatic rings. The van der Waals surface area contributed by atoms with Gasteiger partial charge in [0.2, 0.25) is 0 Å². The zero-order valence-electron chi connectivity index (χ0n) is 15.1. The molecule has 0 spiro atoms. The number of rotatable bonds is 12. The van der Waals surface area contributed by atoms with Gasteiger partial charge < -0.3 is 20.1 Å². The summed E-state index contributed by atoms with van der Waals surface area (Å²) in [5.74, 6) is 0. The van der Waals surface area contributed by atoms with E-state index in [1.807, 2.05) is 6.08 Å². The number of allylic oxidation sites excluding steroid dienone is 5. The zero-order valence-corrected chi connectivity index (χ0v) is 15.1. The summed E-state index contributed by atoms with van der Waals surface area (Å²) in [5.41, 5.74) is 4.04. The highest BCUT2D eigenvalue weighted by Crippen LogP contribution is 2.11. The van der Waals surface area contributed by atoms with Crippen LogP contribution in [0.5, 0.6) is 0 Å². The quantitative estimate of drug-likeness (QED) is 0.381. The molecule has 0 rings (SSSR count). The van der Waals surface area contributed by atoms with Gasteiger partial charge in [-0.2, -0.15) is 0 Å². The highest BCUT2D eigenvalue weighted by atomic mass is 16.5. The molecule has 0 unspecified atom stereocenters. The Hall–Kier alpha value is -0.940. The van der Waals surface area contributed by atoms with Crippen molar-refractivity contribution >= 4 is 0 Å². The second-order valence-corrected chi connectivity index (χ2v) is 6.31. The Kier molecular flexibility index (Phi) is 12.9. The summed E-state index contributed by atoms with van der Waals surface area (Å²) < 4.78 is 5.27. The molecule has 0 aliphatic carbocycles. The standard InChI is InChI=1S/C19H34O4/c1-15(2)7-5-8-16(3)9-6-10-17(4)11-12-23-14-19(22)18(21)13-20/h7,9,11,18-22H,5-6,8,10,12-14H2,1-4H3/t18-,19+/m1/s1. The Balaban J connectivity index is 3.87. The molecule has 4 nitrogen and oxygen atoms in total. The van der Waals surface area contributed by atoms with Crippen LogP contribution < -0.4 is 0 Å². The summed E-state index contributed by atoms with van der Waals surface area (Å²) in [6.07, 6.45) is 8.60. The van der Waals surface area contributed by atoms with E-state index in [1.54, 1.807) is 0 Å². The molecule has 0 radical (unpaired) electrons. The van der Waals surface area contributed by atoms with E-state index in [0.29, 0.717) is 6.61 Å². The Morgan fingerprint density at radius 2 is 1.43 bits per heavy atom. The molecule has 0 aliphatic rings. The molecule has 134 valence electrons. The highest BCUT2D eigenvalue weighted by Gasteiger charge is 2.14. The van der Waals surface area contributed by atoms with Crippen molar-refractivity contribution in [1.82, 2.24) is 0 Å². The zero-order chi connectivity index (χ0) is 17.7. The lowest BCUT2D eigenvalue weighted by molar-refractivity contribution is -0.0527. The van der Waals surface area contributed by atoms with Crippen LogP contribution in [0.4, 0.5) is 0 Å². The molecule has 0 aromatic heterocycles. The van der Waals surface area contributed by atoms with Crippen LogP contribution in [-0.2, 0) is 4.74 Å². The minimum atomic E-state index is -1.14. The van der Waals surface area contributed by atoms with Crippen LogP contribution in [0, 0.1) is 0 Å². The molecule has 0 amide bonds. The number of aliphatic hydroxyl groups excluding tert-OH is 3. The Labute approximate surface area is 141 Å². The molecule has 0 fully saturated rings. The van der Waals surface area contributed by atoms with Gasteiger partial charge in [-0.05, 0) is 53.4 Å². The molecule has 0 saturated carbocycles. The fourth-order valence-corrected chi connectivity index (χ4v) is 1.96. The van der Waals surface area contributed by atoms with Gasteiger partial charge in [0.1, 0.15) is 12.2 Å². The highest BCUT2D eigenvalue weighted by molar-refractivity contribution is 5.05. The molecule has 0 aromatic carbocycles. The van der Waals surface area contributed by atoms with E-state index in [4.69, 9.17) is 9.84 Å². The topological polar surface area (TPSA) is 69.9 Å². The van der Waals surface area contributed by atoms with Crippen molar-refractivity contribution in [2.24, 2.45) is 0 Å². The van der Waals surface area contributed by atoms with Crippen molar-refractivity contribution in [2.45, 2.75) is 65.6 Å². The number of hydrogen-bond acceptors (Lipinski definition) is 4. The van der Waals surface area contributed by atoms with Crippen molar-refractivity contribution in [1.29, 1.82) is 0 Å². The number of hydrogen-bond donors (Lipinski definition) is 3. The van der Waals surface area contributed by atoms with Crippen molar-refractivity contribution in [2.75, 3.05) is 19.8 Å². The summed E-state index contributed by atoms with van der Waals surface area (Å²) in [4.78, 5) is 0. The van der Waals surface area contributed by atoms with Crippen LogP contribution in [0.2, 0.25) is 0 Å². The molecule has 3 N–H and O–H groups in total. The van der Waals surface area contributed by atoms with Crippen LogP contribution in [0.1, 0.15) is 53.4 Å².